The molecule has 2 aromatic heterocycles. The molecule has 0 radical (unpaired) electrons. The summed E-state index contributed by atoms with van der Waals surface area (Å²) in [5.41, 5.74) is 4.42. The minimum Gasteiger partial charge on any atom is -0.326 e. The van der Waals surface area contributed by atoms with Gasteiger partial charge < -0.3 is 4.57 Å². The van der Waals surface area contributed by atoms with E-state index in [9.17, 15) is 0 Å². The molecule has 0 spiro atoms. The second-order valence-electron chi connectivity index (χ2n) is 4.48. The fourth-order valence-electron chi connectivity index (χ4n) is 2.19. The summed E-state index contributed by atoms with van der Waals surface area (Å²) in [6, 6.07) is 11.6. The maximum Gasteiger partial charge on any atom is 0.159 e. The Balaban J connectivity index is 2.30. The van der Waals surface area contributed by atoms with Crippen molar-refractivity contribution in [2.45, 2.75) is 6.92 Å². The summed E-state index contributed by atoms with van der Waals surface area (Å²) in [5.74, 6) is 0.822. The minimum absolute atomic E-state index is 0.639. The fraction of sp³-hybridized carbons (Fsp3) is 0.133. The Kier molecular flexibility index (Phi) is 2.53. The van der Waals surface area contributed by atoms with Crippen LogP contribution in [-0.4, -0.2) is 14.5 Å². The van der Waals surface area contributed by atoms with Gasteiger partial charge in [0.1, 0.15) is 5.69 Å². The number of hydrogen-bond acceptors (Lipinski definition) is 3. The van der Waals surface area contributed by atoms with Crippen molar-refractivity contribution in [3.63, 3.8) is 0 Å². The molecule has 0 fully saturated rings. The monoisotopic (exact) mass is 248 g/mol. The lowest BCUT2D eigenvalue weighted by Crippen LogP contribution is -1.96. The Labute approximate surface area is 111 Å². The van der Waals surface area contributed by atoms with Gasteiger partial charge in [0.05, 0.1) is 22.7 Å². The normalized spacial score (nSPS) is 10.6. The molecule has 0 aliphatic heterocycles. The van der Waals surface area contributed by atoms with E-state index < -0.39 is 0 Å². The number of aromatic nitrogens is 3. The number of aryl methyl sites for hydroxylation is 2. The fourth-order valence-corrected chi connectivity index (χ4v) is 2.19. The van der Waals surface area contributed by atoms with Gasteiger partial charge in [-0.05, 0) is 36.8 Å². The van der Waals surface area contributed by atoms with Gasteiger partial charge in [-0.25, -0.2) is 4.98 Å². The second-order valence-corrected chi connectivity index (χ2v) is 4.48. The summed E-state index contributed by atoms with van der Waals surface area (Å²) < 4.78 is 1.98. The van der Waals surface area contributed by atoms with E-state index in [-0.39, 0.29) is 0 Å². The van der Waals surface area contributed by atoms with E-state index in [4.69, 9.17) is 5.26 Å². The molecule has 3 aromatic rings. The minimum atomic E-state index is 0.639. The summed E-state index contributed by atoms with van der Waals surface area (Å²) in [7, 11) is 1.94. The van der Waals surface area contributed by atoms with Crippen LogP contribution in [0.1, 0.15) is 11.1 Å². The number of benzene rings is 1. The second kappa shape index (κ2) is 4.21. The van der Waals surface area contributed by atoms with Gasteiger partial charge in [-0.1, -0.05) is 6.07 Å². The molecule has 3 rings (SSSR count). The first-order chi connectivity index (χ1) is 9.20. The molecule has 1 aromatic carbocycles. The van der Waals surface area contributed by atoms with Crippen LogP contribution in [0.25, 0.3) is 22.6 Å². The summed E-state index contributed by atoms with van der Waals surface area (Å²) in [5, 5.41) is 8.96. The molecule has 0 unspecified atom stereocenters. The number of rotatable bonds is 1. The van der Waals surface area contributed by atoms with Crippen LogP contribution in [0.4, 0.5) is 0 Å². The molecule has 0 amide bonds. The zero-order valence-corrected chi connectivity index (χ0v) is 10.8. The number of nitriles is 1. The Morgan fingerprint density at radius 1 is 1.26 bits per heavy atom. The van der Waals surface area contributed by atoms with E-state index in [2.05, 4.69) is 16.0 Å². The Hall–Kier alpha value is -2.67. The summed E-state index contributed by atoms with van der Waals surface area (Å²) >= 11 is 0. The van der Waals surface area contributed by atoms with Gasteiger partial charge in [0, 0.05) is 13.2 Å². The highest BCUT2D eigenvalue weighted by molar-refractivity contribution is 5.81. The molecule has 0 saturated carbocycles. The van der Waals surface area contributed by atoms with Crippen molar-refractivity contribution in [3.8, 4) is 17.6 Å². The highest BCUT2D eigenvalue weighted by Gasteiger charge is 2.12. The van der Waals surface area contributed by atoms with Crippen molar-refractivity contribution in [1.29, 1.82) is 5.26 Å². The molecule has 0 saturated heterocycles. The van der Waals surface area contributed by atoms with Gasteiger partial charge in [-0.15, -0.1) is 0 Å². The molecular weight excluding hydrogens is 236 g/mol. The quantitative estimate of drug-likeness (QED) is 0.665. The van der Waals surface area contributed by atoms with Crippen LogP contribution in [0.3, 0.4) is 0 Å². The van der Waals surface area contributed by atoms with Gasteiger partial charge >= 0.3 is 0 Å². The van der Waals surface area contributed by atoms with Crippen molar-refractivity contribution in [2.75, 3.05) is 0 Å². The molecule has 0 atom stereocenters. The molecule has 92 valence electrons. The number of pyridine rings is 1. The third kappa shape index (κ3) is 1.76. The molecule has 4 heteroatoms. The van der Waals surface area contributed by atoms with Gasteiger partial charge in [-0.3, -0.25) is 4.98 Å². The maximum atomic E-state index is 8.96. The average molecular weight is 248 g/mol. The van der Waals surface area contributed by atoms with Gasteiger partial charge in [0.15, 0.2) is 5.82 Å². The Morgan fingerprint density at radius 2 is 2.11 bits per heavy atom. The average Bonchev–Trinajstić information content (AvgIpc) is 2.76. The Bertz CT molecular complexity index is 809. The number of nitrogens with zero attached hydrogens (tertiary/aromatic N) is 4. The van der Waals surface area contributed by atoms with Crippen LogP contribution in [0, 0.1) is 18.3 Å². The summed E-state index contributed by atoms with van der Waals surface area (Å²) in [4.78, 5) is 9.01. The summed E-state index contributed by atoms with van der Waals surface area (Å²) in [6.07, 6.45) is 1.77. The third-order valence-electron chi connectivity index (χ3n) is 3.23. The summed E-state index contributed by atoms with van der Waals surface area (Å²) in [6.45, 7) is 2.02. The van der Waals surface area contributed by atoms with E-state index in [1.807, 2.05) is 42.8 Å². The number of fused-ring (bicyclic) bond motifs is 1. The van der Waals surface area contributed by atoms with Crippen LogP contribution >= 0.6 is 0 Å². The predicted molar refractivity (Wildman–Crippen MR) is 73.4 cm³/mol. The molecule has 4 nitrogen and oxygen atoms in total. The predicted octanol–water partition coefficient (Wildman–Crippen LogP) is 2.82. The van der Waals surface area contributed by atoms with Crippen molar-refractivity contribution in [2.24, 2.45) is 7.05 Å². The van der Waals surface area contributed by atoms with Crippen LogP contribution < -0.4 is 0 Å². The standard InChI is InChI=1S/C15H12N4/c1-10-4-3-7-17-14(10)15-18-12-6-5-11(9-16)8-13(12)19(15)2/h3-8H,1-2H3. The highest BCUT2D eigenvalue weighted by atomic mass is 15.1. The first-order valence-corrected chi connectivity index (χ1v) is 5.99. The number of hydrogen-bond donors (Lipinski definition) is 0. The SMILES string of the molecule is Cc1cccnc1-c1nc2ccc(C#N)cc2n1C. The lowest BCUT2D eigenvalue weighted by Gasteiger charge is -2.04. The van der Waals surface area contributed by atoms with Crippen molar-refractivity contribution in [3.05, 3.63) is 47.7 Å². The van der Waals surface area contributed by atoms with Gasteiger partial charge in [-0.2, -0.15) is 5.26 Å². The molecule has 2 heterocycles. The molecule has 19 heavy (non-hydrogen) atoms. The smallest absolute Gasteiger partial charge is 0.159 e. The van der Waals surface area contributed by atoms with E-state index in [0.717, 1.165) is 28.1 Å². The largest absolute Gasteiger partial charge is 0.326 e. The zero-order valence-electron chi connectivity index (χ0n) is 10.8. The van der Waals surface area contributed by atoms with Gasteiger partial charge in [0.25, 0.3) is 0 Å². The van der Waals surface area contributed by atoms with E-state index in [1.165, 1.54) is 0 Å². The molecular formula is C15H12N4. The Morgan fingerprint density at radius 3 is 2.84 bits per heavy atom. The van der Waals surface area contributed by atoms with Crippen LogP contribution in [0.2, 0.25) is 0 Å². The van der Waals surface area contributed by atoms with Crippen LogP contribution in [0.5, 0.6) is 0 Å². The third-order valence-corrected chi connectivity index (χ3v) is 3.23. The van der Waals surface area contributed by atoms with E-state index >= 15 is 0 Å². The zero-order chi connectivity index (χ0) is 13.4. The molecule has 0 aliphatic rings. The molecule has 0 N–H and O–H groups in total. The maximum absolute atomic E-state index is 8.96. The first-order valence-electron chi connectivity index (χ1n) is 5.99. The lowest BCUT2D eigenvalue weighted by molar-refractivity contribution is 0.947. The van der Waals surface area contributed by atoms with Gasteiger partial charge in [0.2, 0.25) is 0 Å². The van der Waals surface area contributed by atoms with Crippen LogP contribution in [-0.2, 0) is 7.05 Å². The topological polar surface area (TPSA) is 54.5 Å². The van der Waals surface area contributed by atoms with Crippen molar-refractivity contribution >= 4 is 11.0 Å². The van der Waals surface area contributed by atoms with Crippen molar-refractivity contribution < 1.29 is 0 Å². The molecule has 0 bridgehead atoms. The number of imidazole rings is 1. The highest BCUT2D eigenvalue weighted by Crippen LogP contribution is 2.24. The lowest BCUT2D eigenvalue weighted by atomic mass is 10.2. The first kappa shape index (κ1) is 11.4. The van der Waals surface area contributed by atoms with E-state index in [0.29, 0.717) is 5.56 Å². The van der Waals surface area contributed by atoms with Crippen LogP contribution in [0.15, 0.2) is 36.5 Å². The molecule has 0 aliphatic carbocycles. The van der Waals surface area contributed by atoms with E-state index in [1.54, 1.807) is 12.3 Å². The van der Waals surface area contributed by atoms with Crippen molar-refractivity contribution in [1.82, 2.24) is 14.5 Å².